The smallest absolute Gasteiger partial charge is 0.122 e. The molecular formula is C22H32O3. The Morgan fingerprint density at radius 3 is 2.16 bits per heavy atom. The maximum absolute atomic E-state index is 10.4. The van der Waals surface area contributed by atoms with Crippen LogP contribution in [0.25, 0.3) is 0 Å². The second-order valence-corrected chi connectivity index (χ2v) is 6.97. The highest BCUT2D eigenvalue weighted by molar-refractivity contribution is 5.43. The van der Waals surface area contributed by atoms with Crippen LogP contribution in [0.3, 0.4) is 0 Å². The van der Waals surface area contributed by atoms with Crippen molar-refractivity contribution in [1.29, 1.82) is 0 Å². The van der Waals surface area contributed by atoms with E-state index in [1.54, 1.807) is 6.26 Å². The molecule has 0 aliphatic heterocycles. The van der Waals surface area contributed by atoms with Gasteiger partial charge in [0.05, 0.1) is 17.3 Å². The molecule has 3 nitrogen and oxygen atoms in total. The Kier molecular flexibility index (Phi) is 6.34. The molecule has 3 heteroatoms. The lowest BCUT2D eigenvalue weighted by atomic mass is 9.73. The summed E-state index contributed by atoms with van der Waals surface area (Å²) >= 11 is 0. The van der Waals surface area contributed by atoms with Crippen molar-refractivity contribution in [1.82, 2.24) is 0 Å². The second-order valence-electron chi connectivity index (χ2n) is 6.97. The van der Waals surface area contributed by atoms with Crippen molar-refractivity contribution in [3.63, 3.8) is 0 Å². The highest BCUT2D eigenvalue weighted by Crippen LogP contribution is 2.40. The summed E-state index contributed by atoms with van der Waals surface area (Å²) in [6.07, 6.45) is 5.07. The van der Waals surface area contributed by atoms with Crippen LogP contribution in [0.4, 0.5) is 0 Å². The summed E-state index contributed by atoms with van der Waals surface area (Å²) in [4.78, 5) is 0. The molecule has 1 aromatic heterocycles. The standard InChI is InChI=1S/C22H32O3/c1-6-21(23,7-2)16-25-19-13-12-18(15-17(19)5)22(8-3,9-4)20-11-10-14-24-20/h10-15,23H,6-9,16H2,1-5H3. The molecule has 0 spiro atoms. The average Bonchev–Trinajstić information content (AvgIpc) is 3.17. The molecule has 0 saturated carbocycles. The Hall–Kier alpha value is -1.74. The zero-order valence-electron chi connectivity index (χ0n) is 16.3. The van der Waals surface area contributed by atoms with Gasteiger partial charge in [0.25, 0.3) is 0 Å². The molecule has 0 bridgehead atoms. The van der Waals surface area contributed by atoms with Crippen LogP contribution >= 0.6 is 0 Å². The number of ether oxygens (including phenoxy) is 1. The Morgan fingerprint density at radius 2 is 1.68 bits per heavy atom. The molecule has 1 heterocycles. The van der Waals surface area contributed by atoms with Crippen LogP contribution in [0, 0.1) is 6.92 Å². The van der Waals surface area contributed by atoms with Crippen molar-refractivity contribution >= 4 is 0 Å². The third-order valence-electron chi connectivity index (χ3n) is 5.74. The first-order valence-electron chi connectivity index (χ1n) is 9.45. The van der Waals surface area contributed by atoms with Crippen LogP contribution in [0.2, 0.25) is 0 Å². The summed E-state index contributed by atoms with van der Waals surface area (Å²) in [5.74, 6) is 1.85. The number of rotatable bonds is 9. The Bertz CT molecular complexity index is 650. The van der Waals surface area contributed by atoms with Gasteiger partial charge in [-0.2, -0.15) is 0 Å². The first-order chi connectivity index (χ1) is 11.9. The fourth-order valence-electron chi connectivity index (χ4n) is 3.48. The maximum atomic E-state index is 10.4. The topological polar surface area (TPSA) is 42.6 Å². The van der Waals surface area contributed by atoms with Crippen LogP contribution in [0.15, 0.2) is 41.0 Å². The van der Waals surface area contributed by atoms with Crippen LogP contribution in [0.1, 0.15) is 70.3 Å². The van der Waals surface area contributed by atoms with E-state index in [0.717, 1.165) is 29.9 Å². The van der Waals surface area contributed by atoms with Crippen LogP contribution in [-0.2, 0) is 5.41 Å². The first-order valence-corrected chi connectivity index (χ1v) is 9.45. The van der Waals surface area contributed by atoms with Crippen molar-refractivity contribution < 1.29 is 14.3 Å². The lowest BCUT2D eigenvalue weighted by Crippen LogP contribution is -2.34. The quantitative estimate of drug-likeness (QED) is 0.641. The van der Waals surface area contributed by atoms with Gasteiger partial charge >= 0.3 is 0 Å². The monoisotopic (exact) mass is 344 g/mol. The van der Waals surface area contributed by atoms with Gasteiger partial charge in [0, 0.05) is 0 Å². The van der Waals surface area contributed by atoms with Gasteiger partial charge in [-0.25, -0.2) is 0 Å². The number of furan rings is 1. The van der Waals surface area contributed by atoms with Gasteiger partial charge in [-0.1, -0.05) is 39.8 Å². The van der Waals surface area contributed by atoms with E-state index in [1.165, 1.54) is 5.56 Å². The summed E-state index contributed by atoms with van der Waals surface area (Å²) in [6.45, 7) is 10.8. The first kappa shape index (κ1) is 19.6. The minimum Gasteiger partial charge on any atom is -0.490 e. The van der Waals surface area contributed by atoms with Crippen molar-refractivity contribution in [2.45, 2.75) is 71.3 Å². The van der Waals surface area contributed by atoms with E-state index in [9.17, 15) is 5.11 Å². The Morgan fingerprint density at radius 1 is 1.00 bits per heavy atom. The van der Waals surface area contributed by atoms with Crippen LogP contribution < -0.4 is 4.74 Å². The van der Waals surface area contributed by atoms with Crippen molar-refractivity contribution in [3.05, 3.63) is 53.5 Å². The van der Waals surface area contributed by atoms with Crippen molar-refractivity contribution in [3.8, 4) is 5.75 Å². The van der Waals surface area contributed by atoms with E-state index in [1.807, 2.05) is 26.0 Å². The maximum Gasteiger partial charge on any atom is 0.122 e. The van der Waals surface area contributed by atoms with Gasteiger partial charge in [-0.3, -0.25) is 0 Å². The van der Waals surface area contributed by atoms with E-state index in [0.29, 0.717) is 19.4 Å². The van der Waals surface area contributed by atoms with Gasteiger partial charge < -0.3 is 14.3 Å². The predicted octanol–water partition coefficient (Wildman–Crippen LogP) is 5.62. The molecule has 0 aliphatic carbocycles. The fourth-order valence-corrected chi connectivity index (χ4v) is 3.48. The molecule has 0 fully saturated rings. The molecule has 1 aromatic carbocycles. The van der Waals surface area contributed by atoms with E-state index >= 15 is 0 Å². The van der Waals surface area contributed by atoms with E-state index in [-0.39, 0.29) is 5.41 Å². The van der Waals surface area contributed by atoms with Crippen LogP contribution in [-0.4, -0.2) is 17.3 Å². The Labute approximate surface area is 152 Å². The lowest BCUT2D eigenvalue weighted by molar-refractivity contribution is -0.0115. The van der Waals surface area contributed by atoms with Gasteiger partial charge in [0.1, 0.15) is 18.1 Å². The SMILES string of the molecule is CCC(O)(CC)COc1ccc(C(CC)(CC)c2ccco2)cc1C. The van der Waals surface area contributed by atoms with Gasteiger partial charge in [0.15, 0.2) is 0 Å². The molecular weight excluding hydrogens is 312 g/mol. The van der Waals surface area contributed by atoms with Gasteiger partial charge in [0.2, 0.25) is 0 Å². The molecule has 0 amide bonds. The molecule has 0 aliphatic rings. The number of hydrogen-bond acceptors (Lipinski definition) is 3. The largest absolute Gasteiger partial charge is 0.490 e. The highest BCUT2D eigenvalue weighted by Gasteiger charge is 2.34. The van der Waals surface area contributed by atoms with Crippen molar-refractivity contribution in [2.24, 2.45) is 0 Å². The minimum absolute atomic E-state index is 0.111. The second kappa shape index (κ2) is 8.09. The van der Waals surface area contributed by atoms with Crippen molar-refractivity contribution in [2.75, 3.05) is 6.61 Å². The number of benzene rings is 1. The zero-order chi connectivity index (χ0) is 18.5. The molecule has 0 atom stereocenters. The molecule has 0 unspecified atom stereocenters. The third-order valence-corrected chi connectivity index (χ3v) is 5.74. The summed E-state index contributed by atoms with van der Waals surface area (Å²) in [6, 6.07) is 10.4. The van der Waals surface area contributed by atoms with Gasteiger partial charge in [-0.15, -0.1) is 0 Å². The minimum atomic E-state index is -0.754. The Balaban J connectivity index is 2.29. The average molecular weight is 344 g/mol. The molecule has 2 aromatic rings. The van der Waals surface area contributed by atoms with Gasteiger partial charge in [-0.05, 0) is 61.9 Å². The normalized spacial score (nSPS) is 12.4. The zero-order valence-corrected chi connectivity index (χ0v) is 16.3. The molecule has 25 heavy (non-hydrogen) atoms. The summed E-state index contributed by atoms with van der Waals surface area (Å²) in [7, 11) is 0. The fraction of sp³-hybridized carbons (Fsp3) is 0.545. The lowest BCUT2D eigenvalue weighted by Gasteiger charge is -2.31. The van der Waals surface area contributed by atoms with E-state index in [2.05, 4.69) is 39.0 Å². The molecule has 0 saturated heterocycles. The number of aryl methyl sites for hydroxylation is 1. The number of aliphatic hydroxyl groups is 1. The molecule has 1 N–H and O–H groups in total. The summed E-state index contributed by atoms with van der Waals surface area (Å²) in [5.41, 5.74) is 1.47. The number of hydrogen-bond donors (Lipinski definition) is 1. The predicted molar refractivity (Wildman–Crippen MR) is 102 cm³/mol. The van der Waals surface area contributed by atoms with E-state index < -0.39 is 5.60 Å². The highest BCUT2D eigenvalue weighted by atomic mass is 16.5. The molecule has 138 valence electrons. The summed E-state index contributed by atoms with van der Waals surface area (Å²) in [5, 5.41) is 10.4. The molecule has 0 radical (unpaired) electrons. The van der Waals surface area contributed by atoms with Crippen LogP contribution in [0.5, 0.6) is 5.75 Å². The van der Waals surface area contributed by atoms with E-state index in [4.69, 9.17) is 9.15 Å². The third kappa shape index (κ3) is 3.92. The molecule has 2 rings (SSSR count). The summed E-state index contributed by atoms with van der Waals surface area (Å²) < 4.78 is 11.7.